The smallest absolute Gasteiger partial charge is 0.0876 e. The average Bonchev–Trinajstić information content (AvgIpc) is 2.89. The number of ether oxygens (including phenoxy) is 1. The van der Waals surface area contributed by atoms with Gasteiger partial charge < -0.3 is 10.1 Å². The van der Waals surface area contributed by atoms with Crippen LogP contribution in [0.15, 0.2) is 41.5 Å². The van der Waals surface area contributed by atoms with Crippen LogP contribution in [-0.4, -0.2) is 13.2 Å². The van der Waals surface area contributed by atoms with Gasteiger partial charge in [-0.2, -0.15) is 0 Å². The molecule has 1 atom stereocenters. The third kappa shape index (κ3) is 2.53. The van der Waals surface area contributed by atoms with Crippen LogP contribution in [-0.2, 0) is 4.74 Å². The molecule has 1 aromatic carbocycles. The van der Waals surface area contributed by atoms with E-state index in [0.29, 0.717) is 6.04 Å². The van der Waals surface area contributed by atoms with E-state index in [2.05, 4.69) is 41.9 Å². The quantitative estimate of drug-likeness (QED) is 0.899. The number of hydrogen-bond donors (Lipinski definition) is 1. The molecule has 0 bridgehead atoms. The molecular weight excluding hydrogens is 254 g/mol. The highest BCUT2D eigenvalue weighted by Crippen LogP contribution is 2.35. The van der Waals surface area contributed by atoms with Gasteiger partial charge in [0.15, 0.2) is 0 Å². The van der Waals surface area contributed by atoms with E-state index in [9.17, 15) is 0 Å². The minimum Gasteiger partial charge on any atom is -0.501 e. The van der Waals surface area contributed by atoms with Crippen molar-refractivity contribution in [3.8, 4) is 0 Å². The first-order valence-electron chi connectivity index (χ1n) is 6.90. The Morgan fingerprint density at radius 1 is 1.37 bits per heavy atom. The van der Waals surface area contributed by atoms with Gasteiger partial charge in [0, 0.05) is 4.70 Å². The number of nitrogens with one attached hydrogen (secondary N) is 1. The second kappa shape index (κ2) is 5.76. The molecule has 3 rings (SSSR count). The summed E-state index contributed by atoms with van der Waals surface area (Å²) in [5, 5.41) is 7.26. The largest absolute Gasteiger partial charge is 0.501 e. The number of hydrogen-bond acceptors (Lipinski definition) is 3. The average molecular weight is 273 g/mol. The Labute approximate surface area is 118 Å². The van der Waals surface area contributed by atoms with Crippen molar-refractivity contribution in [3.05, 3.63) is 47.0 Å². The third-order valence-electron chi connectivity index (χ3n) is 3.56. The minimum absolute atomic E-state index is 0.293. The van der Waals surface area contributed by atoms with Crippen LogP contribution in [0.4, 0.5) is 0 Å². The van der Waals surface area contributed by atoms with Crippen LogP contribution in [0.1, 0.15) is 31.4 Å². The topological polar surface area (TPSA) is 21.3 Å². The predicted molar refractivity (Wildman–Crippen MR) is 81.5 cm³/mol. The predicted octanol–water partition coefficient (Wildman–Crippen LogP) is 4.25. The van der Waals surface area contributed by atoms with Gasteiger partial charge in [-0.05, 0) is 47.4 Å². The number of benzene rings is 1. The highest BCUT2D eigenvalue weighted by atomic mass is 32.1. The zero-order valence-corrected chi connectivity index (χ0v) is 12.0. The summed E-state index contributed by atoms with van der Waals surface area (Å²) in [4.78, 5) is 0. The molecule has 2 aromatic rings. The van der Waals surface area contributed by atoms with Crippen molar-refractivity contribution in [1.82, 2.24) is 5.32 Å². The number of thiophene rings is 1. The van der Waals surface area contributed by atoms with Crippen LogP contribution >= 0.6 is 11.3 Å². The Balaban J connectivity index is 2.01. The molecule has 0 radical (unpaired) electrons. The maximum Gasteiger partial charge on any atom is 0.0876 e. The Bertz CT molecular complexity index is 587. The van der Waals surface area contributed by atoms with E-state index in [1.165, 1.54) is 21.2 Å². The molecule has 19 heavy (non-hydrogen) atoms. The van der Waals surface area contributed by atoms with Gasteiger partial charge >= 0.3 is 0 Å². The number of rotatable bonds is 4. The Morgan fingerprint density at radius 3 is 3.05 bits per heavy atom. The van der Waals surface area contributed by atoms with Gasteiger partial charge in [0.2, 0.25) is 0 Å². The van der Waals surface area contributed by atoms with Gasteiger partial charge in [0.05, 0.1) is 18.9 Å². The van der Waals surface area contributed by atoms with E-state index >= 15 is 0 Å². The molecule has 0 fully saturated rings. The molecule has 0 aliphatic carbocycles. The lowest BCUT2D eigenvalue weighted by atomic mass is 9.95. The van der Waals surface area contributed by atoms with E-state index in [0.717, 1.165) is 26.0 Å². The standard InChI is InChI=1S/C16H19NOS/c1-2-17-16(12-6-5-9-18-10-12)14-11-19-15-8-4-3-7-13(14)15/h3-4,7-8,10-11,16-17H,2,5-6,9H2,1H3. The molecule has 1 unspecified atom stereocenters. The molecule has 1 aliphatic rings. The van der Waals surface area contributed by atoms with Crippen LogP contribution in [0.5, 0.6) is 0 Å². The molecular formula is C16H19NOS. The molecule has 2 heterocycles. The summed E-state index contributed by atoms with van der Waals surface area (Å²) in [6, 6.07) is 8.93. The number of likely N-dealkylation sites (N-methyl/N-ethyl adjacent to an activating group) is 1. The maximum absolute atomic E-state index is 5.52. The molecule has 100 valence electrons. The second-order valence-corrected chi connectivity index (χ2v) is 5.76. The second-order valence-electron chi connectivity index (χ2n) is 4.85. The van der Waals surface area contributed by atoms with E-state index in [1.807, 2.05) is 17.6 Å². The Morgan fingerprint density at radius 2 is 2.26 bits per heavy atom. The molecule has 1 N–H and O–H groups in total. The highest BCUT2D eigenvalue weighted by molar-refractivity contribution is 7.17. The van der Waals surface area contributed by atoms with Crippen LogP contribution in [0, 0.1) is 0 Å². The molecule has 0 saturated carbocycles. The van der Waals surface area contributed by atoms with E-state index in [1.54, 1.807) is 0 Å². The summed E-state index contributed by atoms with van der Waals surface area (Å²) in [6.45, 7) is 3.98. The Hall–Kier alpha value is -1.32. The molecule has 3 heteroatoms. The Kier molecular flexibility index (Phi) is 3.85. The van der Waals surface area contributed by atoms with Crippen LogP contribution < -0.4 is 5.32 Å². The normalized spacial score (nSPS) is 17.0. The molecule has 0 saturated heterocycles. The number of fused-ring (bicyclic) bond motifs is 1. The van der Waals surface area contributed by atoms with Gasteiger partial charge in [-0.1, -0.05) is 25.1 Å². The molecule has 0 spiro atoms. The summed E-state index contributed by atoms with van der Waals surface area (Å²) >= 11 is 1.82. The van der Waals surface area contributed by atoms with Gasteiger partial charge in [-0.25, -0.2) is 0 Å². The fourth-order valence-corrected chi connectivity index (χ4v) is 3.65. The molecule has 1 aromatic heterocycles. The lowest BCUT2D eigenvalue weighted by molar-refractivity contribution is 0.219. The SMILES string of the molecule is CCNC(C1=COCCC1)c1csc2ccccc12. The molecule has 0 amide bonds. The third-order valence-corrected chi connectivity index (χ3v) is 4.55. The minimum atomic E-state index is 0.293. The highest BCUT2D eigenvalue weighted by Gasteiger charge is 2.20. The van der Waals surface area contributed by atoms with E-state index < -0.39 is 0 Å². The van der Waals surface area contributed by atoms with Crippen LogP contribution in [0.2, 0.25) is 0 Å². The van der Waals surface area contributed by atoms with Crippen LogP contribution in [0.3, 0.4) is 0 Å². The van der Waals surface area contributed by atoms with Crippen molar-refractivity contribution in [2.75, 3.05) is 13.2 Å². The fraction of sp³-hybridized carbons (Fsp3) is 0.375. The first-order valence-corrected chi connectivity index (χ1v) is 7.78. The zero-order valence-electron chi connectivity index (χ0n) is 11.2. The van der Waals surface area contributed by atoms with Gasteiger partial charge in [0.25, 0.3) is 0 Å². The fourth-order valence-electron chi connectivity index (χ4n) is 2.66. The molecule has 1 aliphatic heterocycles. The molecule has 2 nitrogen and oxygen atoms in total. The lowest BCUT2D eigenvalue weighted by Crippen LogP contribution is -2.24. The first kappa shape index (κ1) is 12.7. The summed E-state index contributed by atoms with van der Waals surface area (Å²) in [5.74, 6) is 0. The van der Waals surface area contributed by atoms with Gasteiger partial charge in [-0.3, -0.25) is 0 Å². The maximum atomic E-state index is 5.52. The van der Waals surface area contributed by atoms with Crippen molar-refractivity contribution in [2.45, 2.75) is 25.8 Å². The summed E-state index contributed by atoms with van der Waals surface area (Å²) in [6.07, 6.45) is 4.21. The van der Waals surface area contributed by atoms with Gasteiger partial charge in [-0.15, -0.1) is 11.3 Å². The van der Waals surface area contributed by atoms with Crippen molar-refractivity contribution < 1.29 is 4.74 Å². The van der Waals surface area contributed by atoms with Crippen molar-refractivity contribution in [3.63, 3.8) is 0 Å². The van der Waals surface area contributed by atoms with Crippen LogP contribution in [0.25, 0.3) is 10.1 Å². The lowest BCUT2D eigenvalue weighted by Gasteiger charge is -2.24. The van der Waals surface area contributed by atoms with Crippen molar-refractivity contribution >= 4 is 21.4 Å². The monoisotopic (exact) mass is 273 g/mol. The van der Waals surface area contributed by atoms with E-state index in [-0.39, 0.29) is 0 Å². The van der Waals surface area contributed by atoms with E-state index in [4.69, 9.17) is 4.74 Å². The summed E-state index contributed by atoms with van der Waals surface area (Å²) in [5.41, 5.74) is 2.76. The summed E-state index contributed by atoms with van der Waals surface area (Å²) < 4.78 is 6.88. The van der Waals surface area contributed by atoms with Crippen molar-refractivity contribution in [1.29, 1.82) is 0 Å². The summed E-state index contributed by atoms with van der Waals surface area (Å²) in [7, 11) is 0. The zero-order chi connectivity index (χ0) is 13.1. The first-order chi connectivity index (χ1) is 9.40. The van der Waals surface area contributed by atoms with Gasteiger partial charge in [0.1, 0.15) is 0 Å². The van der Waals surface area contributed by atoms with Crippen molar-refractivity contribution in [2.24, 2.45) is 0 Å².